The molecule has 0 aromatic heterocycles. The summed E-state index contributed by atoms with van der Waals surface area (Å²) in [5.74, 6) is -1.01. The zero-order valence-corrected chi connectivity index (χ0v) is 13.1. The molecule has 1 aromatic carbocycles. The molecule has 5 N–H and O–H groups in total. The van der Waals surface area contributed by atoms with Crippen LogP contribution in [0.2, 0.25) is 0 Å². The van der Waals surface area contributed by atoms with E-state index < -0.39 is 17.7 Å². The van der Waals surface area contributed by atoms with Crippen LogP contribution in [0.5, 0.6) is 0 Å². The van der Waals surface area contributed by atoms with Crippen molar-refractivity contribution in [2.24, 2.45) is 0 Å². The number of rotatable bonds is 6. The lowest BCUT2D eigenvalue weighted by molar-refractivity contribution is 0.0527. The van der Waals surface area contributed by atoms with Gasteiger partial charge >= 0.3 is 12.1 Å². The third-order valence-electron chi connectivity index (χ3n) is 2.64. The minimum Gasteiger partial charge on any atom is -0.478 e. The summed E-state index contributed by atoms with van der Waals surface area (Å²) in [5.41, 5.74) is 6.46. The van der Waals surface area contributed by atoms with Gasteiger partial charge in [0.15, 0.2) is 0 Å². The first kappa shape index (κ1) is 17.6. The second-order valence-corrected chi connectivity index (χ2v) is 5.82. The third-order valence-corrected chi connectivity index (χ3v) is 2.64. The highest BCUT2D eigenvalue weighted by Crippen LogP contribution is 2.19. The number of hydrogen-bond donors (Lipinski definition) is 4. The number of ether oxygens (including phenoxy) is 1. The van der Waals surface area contributed by atoms with Crippen molar-refractivity contribution < 1.29 is 19.4 Å². The topological polar surface area (TPSA) is 114 Å². The van der Waals surface area contributed by atoms with Crippen molar-refractivity contribution in [3.05, 3.63) is 23.8 Å². The Morgan fingerprint density at radius 3 is 2.50 bits per heavy atom. The van der Waals surface area contributed by atoms with Crippen LogP contribution in [0.15, 0.2) is 18.2 Å². The van der Waals surface area contributed by atoms with Crippen LogP contribution in [0.4, 0.5) is 16.2 Å². The lowest BCUT2D eigenvalue weighted by Gasteiger charge is -2.19. The van der Waals surface area contributed by atoms with Crippen LogP contribution in [0.3, 0.4) is 0 Å². The van der Waals surface area contributed by atoms with Crippen molar-refractivity contribution in [3.8, 4) is 0 Å². The van der Waals surface area contributed by atoms with Crippen LogP contribution in [0.25, 0.3) is 0 Å². The summed E-state index contributed by atoms with van der Waals surface area (Å²) >= 11 is 0. The second-order valence-electron chi connectivity index (χ2n) is 5.82. The molecule has 0 bridgehead atoms. The molecule has 1 rings (SSSR count). The molecule has 0 atom stereocenters. The monoisotopic (exact) mass is 309 g/mol. The summed E-state index contributed by atoms with van der Waals surface area (Å²) in [5, 5.41) is 14.6. The maximum atomic E-state index is 11.4. The van der Waals surface area contributed by atoms with Crippen LogP contribution in [-0.4, -0.2) is 35.9 Å². The van der Waals surface area contributed by atoms with Crippen molar-refractivity contribution in [1.82, 2.24) is 5.32 Å². The molecule has 0 spiro atoms. The van der Waals surface area contributed by atoms with Crippen LogP contribution in [-0.2, 0) is 4.74 Å². The number of nitrogens with one attached hydrogen (secondary N) is 2. The van der Waals surface area contributed by atoms with E-state index >= 15 is 0 Å². The van der Waals surface area contributed by atoms with E-state index in [0.717, 1.165) is 0 Å². The van der Waals surface area contributed by atoms with Crippen molar-refractivity contribution in [3.63, 3.8) is 0 Å². The lowest BCUT2D eigenvalue weighted by atomic mass is 10.1. The van der Waals surface area contributed by atoms with E-state index in [9.17, 15) is 9.59 Å². The Kier molecular flexibility index (Phi) is 6.03. The first-order valence-electron chi connectivity index (χ1n) is 7.02. The Balaban J connectivity index is 2.31. The predicted molar refractivity (Wildman–Crippen MR) is 85.2 cm³/mol. The Morgan fingerprint density at radius 2 is 1.95 bits per heavy atom. The van der Waals surface area contributed by atoms with E-state index in [2.05, 4.69) is 10.6 Å². The molecule has 22 heavy (non-hydrogen) atoms. The normalized spacial score (nSPS) is 10.9. The van der Waals surface area contributed by atoms with E-state index in [4.69, 9.17) is 15.6 Å². The molecule has 1 aromatic rings. The molecule has 0 aliphatic heterocycles. The number of aromatic carboxylic acids is 1. The van der Waals surface area contributed by atoms with Crippen LogP contribution < -0.4 is 16.4 Å². The smallest absolute Gasteiger partial charge is 0.407 e. The molecular weight excluding hydrogens is 286 g/mol. The van der Waals surface area contributed by atoms with E-state index in [-0.39, 0.29) is 5.56 Å². The number of carbonyl (C=O) groups excluding carboxylic acids is 1. The molecule has 0 aliphatic rings. The Morgan fingerprint density at radius 1 is 1.27 bits per heavy atom. The van der Waals surface area contributed by atoms with E-state index in [1.807, 2.05) is 0 Å². The molecule has 0 unspecified atom stereocenters. The molecule has 0 saturated carbocycles. The van der Waals surface area contributed by atoms with Gasteiger partial charge in [-0.3, -0.25) is 0 Å². The predicted octanol–water partition coefficient (Wildman–Crippen LogP) is 2.29. The maximum absolute atomic E-state index is 11.4. The minimum atomic E-state index is -1.01. The molecule has 7 nitrogen and oxygen atoms in total. The summed E-state index contributed by atoms with van der Waals surface area (Å²) in [6.45, 7) is 6.47. The fourth-order valence-corrected chi connectivity index (χ4v) is 1.67. The molecule has 122 valence electrons. The third kappa shape index (κ3) is 6.34. The first-order chi connectivity index (χ1) is 10.2. The summed E-state index contributed by atoms with van der Waals surface area (Å²) < 4.78 is 5.11. The zero-order chi connectivity index (χ0) is 16.8. The minimum absolute atomic E-state index is 0.148. The van der Waals surface area contributed by atoms with Gasteiger partial charge in [-0.25, -0.2) is 9.59 Å². The number of anilines is 2. The molecule has 1 amide bonds. The number of carbonyl (C=O) groups is 2. The summed E-state index contributed by atoms with van der Waals surface area (Å²) in [6.07, 6.45) is 0.233. The Hall–Kier alpha value is -2.44. The first-order valence-corrected chi connectivity index (χ1v) is 7.02. The fourth-order valence-electron chi connectivity index (χ4n) is 1.67. The number of benzene rings is 1. The standard InChI is InChI=1S/C15H23N3O4/c1-15(2,3)22-14(21)18-8-4-7-17-12-6-5-10(13(19)20)9-11(12)16/h5-6,9,17H,4,7-8,16H2,1-3H3,(H,18,21)(H,19,20). The highest BCUT2D eigenvalue weighted by molar-refractivity contribution is 5.90. The molecule has 7 heteroatoms. The quantitative estimate of drug-likeness (QED) is 0.473. The van der Waals surface area contributed by atoms with Crippen LogP contribution in [0, 0.1) is 0 Å². The summed E-state index contributed by atoms with van der Waals surface area (Å²) in [6, 6.07) is 4.52. The van der Waals surface area contributed by atoms with Gasteiger partial charge in [0.25, 0.3) is 0 Å². The SMILES string of the molecule is CC(C)(C)OC(=O)NCCCNc1ccc(C(=O)O)cc1N. The lowest BCUT2D eigenvalue weighted by Crippen LogP contribution is -2.33. The Labute approximate surface area is 129 Å². The number of hydrogen-bond acceptors (Lipinski definition) is 5. The maximum Gasteiger partial charge on any atom is 0.407 e. The molecular formula is C15H23N3O4. The average molecular weight is 309 g/mol. The van der Waals surface area contributed by atoms with Crippen LogP contribution in [0.1, 0.15) is 37.6 Å². The molecule has 0 radical (unpaired) electrons. The van der Waals surface area contributed by atoms with Gasteiger partial charge in [0.2, 0.25) is 0 Å². The average Bonchev–Trinajstić information content (AvgIpc) is 2.37. The van der Waals surface area contributed by atoms with E-state index in [1.165, 1.54) is 12.1 Å². The number of carboxylic acids is 1. The van der Waals surface area contributed by atoms with Gasteiger partial charge in [0, 0.05) is 13.1 Å². The molecule has 0 heterocycles. The van der Waals surface area contributed by atoms with Gasteiger partial charge in [-0.05, 0) is 45.4 Å². The van der Waals surface area contributed by atoms with Gasteiger partial charge in [0.05, 0.1) is 16.9 Å². The van der Waals surface area contributed by atoms with Crippen molar-refractivity contribution >= 4 is 23.4 Å². The highest BCUT2D eigenvalue weighted by atomic mass is 16.6. The Bertz CT molecular complexity index is 538. The zero-order valence-electron chi connectivity index (χ0n) is 13.1. The highest BCUT2D eigenvalue weighted by Gasteiger charge is 2.15. The van der Waals surface area contributed by atoms with E-state index in [0.29, 0.717) is 30.9 Å². The van der Waals surface area contributed by atoms with Crippen LogP contribution >= 0.6 is 0 Å². The number of nitrogen functional groups attached to an aromatic ring is 1. The summed E-state index contributed by atoms with van der Waals surface area (Å²) in [4.78, 5) is 22.2. The van der Waals surface area contributed by atoms with Crippen molar-refractivity contribution in [1.29, 1.82) is 0 Å². The molecule has 0 saturated heterocycles. The van der Waals surface area contributed by atoms with Crippen molar-refractivity contribution in [2.45, 2.75) is 32.8 Å². The van der Waals surface area contributed by atoms with Gasteiger partial charge < -0.3 is 26.2 Å². The molecule has 0 aliphatic carbocycles. The largest absolute Gasteiger partial charge is 0.478 e. The van der Waals surface area contributed by atoms with E-state index in [1.54, 1.807) is 26.8 Å². The van der Waals surface area contributed by atoms with Crippen molar-refractivity contribution in [2.75, 3.05) is 24.1 Å². The van der Waals surface area contributed by atoms with Gasteiger partial charge in [0.1, 0.15) is 5.60 Å². The summed E-state index contributed by atoms with van der Waals surface area (Å²) in [7, 11) is 0. The fraction of sp³-hybridized carbons (Fsp3) is 0.467. The number of amides is 1. The second kappa shape index (κ2) is 7.53. The number of nitrogens with two attached hydrogens (primary N) is 1. The van der Waals surface area contributed by atoms with Gasteiger partial charge in [-0.15, -0.1) is 0 Å². The number of carboxylic acid groups (broad SMARTS) is 1. The molecule has 0 fully saturated rings. The van der Waals surface area contributed by atoms with Gasteiger partial charge in [-0.1, -0.05) is 0 Å². The van der Waals surface area contributed by atoms with Gasteiger partial charge in [-0.2, -0.15) is 0 Å². The number of alkyl carbamates (subject to hydrolysis) is 1.